The van der Waals surface area contributed by atoms with Crippen molar-refractivity contribution in [3.05, 3.63) is 0 Å². The first-order valence-electron chi connectivity index (χ1n) is 3.70. The van der Waals surface area contributed by atoms with Gasteiger partial charge >= 0.3 is 0 Å². The van der Waals surface area contributed by atoms with Crippen molar-refractivity contribution in [2.24, 2.45) is 0 Å². The zero-order valence-electron chi connectivity index (χ0n) is 6.68. The number of aliphatic hydroxyl groups is 2. The van der Waals surface area contributed by atoms with Crippen LogP contribution in [0.15, 0.2) is 0 Å². The molecule has 0 aliphatic carbocycles. The smallest absolute Gasteiger partial charge is 0.264 e. The highest BCUT2D eigenvalue weighted by Gasteiger charge is 2.09. The fraction of sp³-hybridized carbons (Fsp3) is 1.00. The average Bonchev–Trinajstić information content (AvgIpc) is 1.95. The molecule has 0 aromatic rings. The molecule has 0 saturated heterocycles. The van der Waals surface area contributed by atoms with E-state index in [0.717, 1.165) is 0 Å². The number of hydrogen-bond donors (Lipinski definition) is 3. The van der Waals surface area contributed by atoms with Gasteiger partial charge in [-0.25, -0.2) is 0 Å². The van der Waals surface area contributed by atoms with E-state index in [2.05, 4.69) is 0 Å². The lowest BCUT2D eigenvalue weighted by atomic mass is 10.1. The maximum absolute atomic E-state index is 10.2. The van der Waals surface area contributed by atoms with Gasteiger partial charge in [-0.2, -0.15) is 8.42 Å². The summed E-state index contributed by atoms with van der Waals surface area (Å²) in [5.74, 6) is -0.431. The molecule has 0 heterocycles. The van der Waals surface area contributed by atoms with Gasteiger partial charge in [-0.15, -0.1) is 0 Å². The fourth-order valence-electron chi connectivity index (χ4n) is 0.756. The van der Waals surface area contributed by atoms with Crippen molar-refractivity contribution in [1.29, 1.82) is 0 Å². The van der Waals surface area contributed by atoms with Crippen molar-refractivity contribution >= 4 is 10.1 Å². The van der Waals surface area contributed by atoms with Gasteiger partial charge in [0.25, 0.3) is 10.1 Å². The van der Waals surface area contributed by atoms with Crippen molar-refractivity contribution in [2.45, 2.75) is 25.4 Å². The molecule has 0 radical (unpaired) electrons. The summed E-state index contributed by atoms with van der Waals surface area (Å²) >= 11 is 0. The van der Waals surface area contributed by atoms with Gasteiger partial charge in [0.15, 0.2) is 0 Å². The molecule has 0 aromatic carbocycles. The predicted molar refractivity (Wildman–Crippen MR) is 43.4 cm³/mol. The topological polar surface area (TPSA) is 94.8 Å². The van der Waals surface area contributed by atoms with Crippen molar-refractivity contribution in [3.8, 4) is 0 Å². The highest BCUT2D eigenvalue weighted by atomic mass is 32.2. The van der Waals surface area contributed by atoms with Crippen LogP contribution in [0.3, 0.4) is 0 Å². The third-order valence-electron chi connectivity index (χ3n) is 1.40. The molecule has 6 heteroatoms. The van der Waals surface area contributed by atoms with Crippen LogP contribution in [0.1, 0.15) is 19.3 Å². The Balaban J connectivity index is 3.51. The van der Waals surface area contributed by atoms with E-state index < -0.39 is 22.0 Å². The van der Waals surface area contributed by atoms with Gasteiger partial charge in [-0.3, -0.25) is 4.55 Å². The largest absolute Gasteiger partial charge is 0.396 e. The monoisotopic (exact) mass is 198 g/mol. The zero-order chi connectivity index (χ0) is 9.61. The zero-order valence-corrected chi connectivity index (χ0v) is 7.50. The molecule has 12 heavy (non-hydrogen) atoms. The summed E-state index contributed by atoms with van der Waals surface area (Å²) in [4.78, 5) is 0. The molecule has 5 nitrogen and oxygen atoms in total. The van der Waals surface area contributed by atoms with Gasteiger partial charge in [-0.1, -0.05) is 0 Å². The Morgan fingerprint density at radius 2 is 1.83 bits per heavy atom. The molecule has 1 unspecified atom stereocenters. The van der Waals surface area contributed by atoms with Crippen LogP contribution in [0.25, 0.3) is 0 Å². The summed E-state index contributed by atoms with van der Waals surface area (Å²) < 4.78 is 28.7. The molecule has 0 fully saturated rings. The molecule has 0 aliphatic rings. The second kappa shape index (κ2) is 5.47. The summed E-state index contributed by atoms with van der Waals surface area (Å²) in [5.41, 5.74) is 0. The molecule has 0 aromatic heterocycles. The number of hydrogen-bond acceptors (Lipinski definition) is 4. The SMILES string of the molecule is O=S(=O)(O)CCC(O)CCCO. The number of rotatable bonds is 6. The quantitative estimate of drug-likeness (QED) is 0.495. The minimum atomic E-state index is -3.97. The molecule has 74 valence electrons. The average molecular weight is 198 g/mol. The second-order valence-electron chi connectivity index (χ2n) is 2.59. The van der Waals surface area contributed by atoms with E-state index in [0.29, 0.717) is 12.8 Å². The number of aliphatic hydroxyl groups excluding tert-OH is 2. The molecule has 0 bridgehead atoms. The summed E-state index contributed by atoms with van der Waals surface area (Å²) in [6.45, 7) is -0.0249. The van der Waals surface area contributed by atoms with Crippen LogP contribution >= 0.6 is 0 Å². The Bertz CT molecular complexity index is 198. The Hall–Kier alpha value is -0.170. The Morgan fingerprint density at radius 3 is 2.25 bits per heavy atom. The predicted octanol–water partition coefficient (Wildman–Crippen LogP) is -0.602. The molecule has 0 spiro atoms. The summed E-state index contributed by atoms with van der Waals surface area (Å²) in [5, 5.41) is 17.4. The van der Waals surface area contributed by atoms with E-state index in [1.807, 2.05) is 0 Å². The standard InChI is InChI=1S/C6H14O5S/c7-4-1-2-6(8)3-5-12(9,10)11/h6-8H,1-5H2,(H,9,10,11). The van der Waals surface area contributed by atoms with Crippen LogP contribution in [-0.4, -0.2) is 41.6 Å². The third-order valence-corrected chi connectivity index (χ3v) is 2.16. The minimum absolute atomic E-state index is 0.0127. The lowest BCUT2D eigenvalue weighted by molar-refractivity contribution is 0.146. The molecule has 0 rings (SSSR count). The fourth-order valence-corrected chi connectivity index (χ4v) is 1.33. The van der Waals surface area contributed by atoms with Crippen LogP contribution in [0.4, 0.5) is 0 Å². The molecular formula is C6H14O5S. The van der Waals surface area contributed by atoms with Gasteiger partial charge in [0, 0.05) is 6.61 Å². The van der Waals surface area contributed by atoms with Crippen molar-refractivity contribution in [3.63, 3.8) is 0 Å². The normalized spacial score (nSPS) is 14.6. The molecule has 0 amide bonds. The van der Waals surface area contributed by atoms with E-state index >= 15 is 0 Å². The lowest BCUT2D eigenvalue weighted by Crippen LogP contribution is -2.14. The van der Waals surface area contributed by atoms with Gasteiger partial charge in [-0.05, 0) is 19.3 Å². The van der Waals surface area contributed by atoms with E-state index in [1.165, 1.54) is 0 Å². The van der Waals surface area contributed by atoms with E-state index in [-0.39, 0.29) is 13.0 Å². The highest BCUT2D eigenvalue weighted by molar-refractivity contribution is 7.85. The van der Waals surface area contributed by atoms with Crippen molar-refractivity contribution < 1.29 is 23.2 Å². The molecule has 1 atom stereocenters. The van der Waals surface area contributed by atoms with Crippen LogP contribution < -0.4 is 0 Å². The third kappa shape index (κ3) is 7.93. The summed E-state index contributed by atoms with van der Waals surface area (Å²) in [6, 6.07) is 0. The van der Waals surface area contributed by atoms with Crippen LogP contribution in [0.5, 0.6) is 0 Å². The van der Waals surface area contributed by atoms with Crippen LogP contribution in [0, 0.1) is 0 Å². The summed E-state index contributed by atoms with van der Waals surface area (Å²) in [7, 11) is -3.97. The van der Waals surface area contributed by atoms with Gasteiger partial charge < -0.3 is 10.2 Å². The molecule has 0 aliphatic heterocycles. The van der Waals surface area contributed by atoms with Crippen LogP contribution in [-0.2, 0) is 10.1 Å². The first kappa shape index (κ1) is 11.8. The van der Waals surface area contributed by atoms with Gasteiger partial charge in [0.2, 0.25) is 0 Å². The lowest BCUT2D eigenvalue weighted by Gasteiger charge is -2.07. The summed E-state index contributed by atoms with van der Waals surface area (Å²) in [6.07, 6.45) is 0.0383. The van der Waals surface area contributed by atoms with Crippen LogP contribution in [0.2, 0.25) is 0 Å². The first-order valence-corrected chi connectivity index (χ1v) is 5.30. The second-order valence-corrected chi connectivity index (χ2v) is 4.17. The van der Waals surface area contributed by atoms with E-state index in [4.69, 9.17) is 14.8 Å². The Morgan fingerprint density at radius 1 is 1.25 bits per heavy atom. The molecule has 3 N–H and O–H groups in total. The minimum Gasteiger partial charge on any atom is -0.396 e. The van der Waals surface area contributed by atoms with E-state index in [9.17, 15) is 8.42 Å². The molecule has 0 saturated carbocycles. The van der Waals surface area contributed by atoms with Gasteiger partial charge in [0.05, 0.1) is 11.9 Å². The first-order chi connectivity index (χ1) is 5.45. The van der Waals surface area contributed by atoms with Gasteiger partial charge in [0.1, 0.15) is 0 Å². The van der Waals surface area contributed by atoms with Crippen molar-refractivity contribution in [1.82, 2.24) is 0 Å². The highest BCUT2D eigenvalue weighted by Crippen LogP contribution is 2.02. The van der Waals surface area contributed by atoms with Crippen molar-refractivity contribution in [2.75, 3.05) is 12.4 Å². The maximum Gasteiger partial charge on any atom is 0.264 e. The molecular weight excluding hydrogens is 184 g/mol. The Labute approximate surface area is 71.8 Å². The van der Waals surface area contributed by atoms with E-state index in [1.54, 1.807) is 0 Å². The maximum atomic E-state index is 10.2. The Kier molecular flexibility index (Phi) is 5.39.